The Kier molecular flexibility index (Phi) is 7.55. The summed E-state index contributed by atoms with van der Waals surface area (Å²) >= 11 is 5.55. The number of aliphatic hydroxyl groups excluding tert-OH is 1. The number of sulfonamides is 1. The minimum absolute atomic E-state index is 0.00486. The van der Waals surface area contributed by atoms with Gasteiger partial charge in [-0.25, -0.2) is 13.1 Å². The topological polar surface area (TPSA) is 66.4 Å². The van der Waals surface area contributed by atoms with E-state index in [2.05, 4.69) is 4.72 Å². The molecule has 0 aliphatic heterocycles. The minimum atomic E-state index is -3.32. The Morgan fingerprint density at radius 1 is 1.31 bits per heavy atom. The van der Waals surface area contributed by atoms with E-state index in [0.29, 0.717) is 18.2 Å². The number of hydrogen-bond acceptors (Lipinski definition) is 3. The minimum Gasteiger partial charge on any atom is -0.392 e. The smallest absolute Gasteiger partial charge is 0.211 e. The summed E-state index contributed by atoms with van der Waals surface area (Å²) in [6.45, 7) is 5.81. The zero-order chi connectivity index (χ0) is 12.8. The van der Waals surface area contributed by atoms with Gasteiger partial charge in [-0.15, -0.1) is 11.6 Å². The summed E-state index contributed by atoms with van der Waals surface area (Å²) in [5, 5.41) is 9.52. The van der Waals surface area contributed by atoms with Crippen molar-refractivity contribution in [2.75, 3.05) is 18.2 Å². The van der Waals surface area contributed by atoms with Crippen LogP contribution in [0.2, 0.25) is 0 Å². The van der Waals surface area contributed by atoms with Crippen molar-refractivity contribution in [1.82, 2.24) is 4.72 Å². The Morgan fingerprint density at radius 3 is 2.31 bits per heavy atom. The normalized spacial score (nSPS) is 16.4. The summed E-state index contributed by atoms with van der Waals surface area (Å²) < 4.78 is 25.4. The largest absolute Gasteiger partial charge is 0.392 e. The van der Waals surface area contributed by atoms with Gasteiger partial charge in [0.15, 0.2) is 0 Å². The van der Waals surface area contributed by atoms with Crippen molar-refractivity contribution in [2.45, 2.75) is 33.3 Å². The van der Waals surface area contributed by atoms with Gasteiger partial charge < -0.3 is 5.11 Å². The molecule has 6 heteroatoms. The van der Waals surface area contributed by atoms with E-state index in [-0.39, 0.29) is 18.2 Å². The summed E-state index contributed by atoms with van der Waals surface area (Å²) in [6.07, 6.45) is -0.0331. The number of nitrogens with one attached hydrogen (secondary N) is 1. The summed E-state index contributed by atoms with van der Waals surface area (Å²) in [5.74, 6) is 0.586. The standard InChI is InChI=1S/C10H22ClNO3S/c1-8(2)4-10(13)6-12-16(14,15)7-9(3)5-11/h8-10,12-13H,4-7H2,1-3H3. The molecular weight excluding hydrogens is 250 g/mol. The fourth-order valence-corrected chi connectivity index (χ4v) is 3.00. The van der Waals surface area contributed by atoms with Crippen molar-refractivity contribution in [2.24, 2.45) is 11.8 Å². The third-order valence-electron chi connectivity index (χ3n) is 2.05. The van der Waals surface area contributed by atoms with E-state index in [0.717, 1.165) is 0 Å². The van der Waals surface area contributed by atoms with Crippen LogP contribution in [0.25, 0.3) is 0 Å². The van der Waals surface area contributed by atoms with Crippen molar-refractivity contribution in [3.05, 3.63) is 0 Å². The molecule has 0 amide bonds. The van der Waals surface area contributed by atoms with Gasteiger partial charge in [-0.1, -0.05) is 20.8 Å². The second-order valence-electron chi connectivity index (χ2n) is 4.67. The molecule has 0 aromatic carbocycles. The van der Waals surface area contributed by atoms with E-state index >= 15 is 0 Å². The van der Waals surface area contributed by atoms with Gasteiger partial charge >= 0.3 is 0 Å². The molecule has 4 nitrogen and oxygen atoms in total. The van der Waals surface area contributed by atoms with Crippen LogP contribution in [0.4, 0.5) is 0 Å². The van der Waals surface area contributed by atoms with E-state index in [1.165, 1.54) is 0 Å². The fourth-order valence-electron chi connectivity index (χ4n) is 1.33. The Hall–Kier alpha value is 0.160. The summed E-state index contributed by atoms with van der Waals surface area (Å²) in [5.41, 5.74) is 0. The third-order valence-corrected chi connectivity index (χ3v) is 4.19. The highest BCUT2D eigenvalue weighted by atomic mass is 35.5. The molecule has 2 unspecified atom stereocenters. The van der Waals surface area contributed by atoms with E-state index in [1.54, 1.807) is 6.92 Å². The average molecular weight is 272 g/mol. The molecule has 16 heavy (non-hydrogen) atoms. The molecule has 98 valence electrons. The molecule has 0 aromatic rings. The molecule has 0 saturated carbocycles. The van der Waals surface area contributed by atoms with Crippen molar-refractivity contribution >= 4 is 21.6 Å². The first-order valence-electron chi connectivity index (χ1n) is 5.48. The first-order chi connectivity index (χ1) is 7.26. The highest BCUT2D eigenvalue weighted by Gasteiger charge is 2.16. The lowest BCUT2D eigenvalue weighted by atomic mass is 10.1. The fraction of sp³-hybridized carbons (Fsp3) is 1.00. The van der Waals surface area contributed by atoms with Gasteiger partial charge in [0.05, 0.1) is 11.9 Å². The van der Waals surface area contributed by atoms with Crippen LogP contribution in [-0.2, 0) is 10.0 Å². The molecule has 2 N–H and O–H groups in total. The van der Waals surface area contributed by atoms with Crippen LogP contribution in [-0.4, -0.2) is 37.8 Å². The van der Waals surface area contributed by atoms with Crippen molar-refractivity contribution < 1.29 is 13.5 Å². The SMILES string of the molecule is CC(C)CC(O)CNS(=O)(=O)CC(C)CCl. The molecule has 0 aliphatic rings. The first kappa shape index (κ1) is 16.2. The van der Waals surface area contributed by atoms with Crippen LogP contribution in [0.15, 0.2) is 0 Å². The van der Waals surface area contributed by atoms with Gasteiger partial charge in [0, 0.05) is 12.4 Å². The predicted molar refractivity (Wildman–Crippen MR) is 67.1 cm³/mol. The number of rotatable bonds is 8. The summed E-state index contributed by atoms with van der Waals surface area (Å²) in [4.78, 5) is 0. The van der Waals surface area contributed by atoms with Gasteiger partial charge in [-0.05, 0) is 18.3 Å². The Bertz CT molecular complexity index is 280. The van der Waals surface area contributed by atoms with Gasteiger partial charge in [0.2, 0.25) is 10.0 Å². The average Bonchev–Trinajstić information content (AvgIpc) is 2.13. The number of hydrogen-bond donors (Lipinski definition) is 2. The second kappa shape index (κ2) is 7.48. The molecule has 0 rings (SSSR count). The molecule has 0 aromatic heterocycles. The lowest BCUT2D eigenvalue weighted by Crippen LogP contribution is -2.36. The van der Waals surface area contributed by atoms with Crippen LogP contribution >= 0.6 is 11.6 Å². The molecule has 0 aliphatic carbocycles. The molecule has 0 bridgehead atoms. The van der Waals surface area contributed by atoms with Crippen LogP contribution in [0.5, 0.6) is 0 Å². The molecule has 0 spiro atoms. The van der Waals surface area contributed by atoms with Crippen LogP contribution in [0.1, 0.15) is 27.2 Å². The van der Waals surface area contributed by atoms with Crippen molar-refractivity contribution in [3.8, 4) is 0 Å². The molecule has 0 saturated heterocycles. The summed E-state index contributed by atoms with van der Waals surface area (Å²) in [7, 11) is -3.32. The summed E-state index contributed by atoms with van der Waals surface area (Å²) in [6, 6.07) is 0. The van der Waals surface area contributed by atoms with E-state index < -0.39 is 16.1 Å². The van der Waals surface area contributed by atoms with Crippen LogP contribution in [0, 0.1) is 11.8 Å². The molecular formula is C10H22ClNO3S. The molecule has 0 radical (unpaired) electrons. The van der Waals surface area contributed by atoms with Gasteiger partial charge in [-0.2, -0.15) is 0 Å². The maximum atomic E-state index is 11.5. The Morgan fingerprint density at radius 2 is 1.88 bits per heavy atom. The zero-order valence-corrected chi connectivity index (χ0v) is 11.7. The molecule has 0 heterocycles. The maximum Gasteiger partial charge on any atom is 0.211 e. The number of alkyl halides is 1. The van der Waals surface area contributed by atoms with Gasteiger partial charge in [0.1, 0.15) is 0 Å². The van der Waals surface area contributed by atoms with Crippen LogP contribution < -0.4 is 4.72 Å². The number of aliphatic hydroxyl groups is 1. The lowest BCUT2D eigenvalue weighted by Gasteiger charge is -2.15. The van der Waals surface area contributed by atoms with E-state index in [4.69, 9.17) is 11.6 Å². The molecule has 0 fully saturated rings. The quantitative estimate of drug-likeness (QED) is 0.652. The van der Waals surface area contributed by atoms with E-state index in [9.17, 15) is 13.5 Å². The van der Waals surface area contributed by atoms with Crippen molar-refractivity contribution in [3.63, 3.8) is 0 Å². The predicted octanol–water partition coefficient (Wildman–Crippen LogP) is 1.19. The van der Waals surface area contributed by atoms with Gasteiger partial charge in [0.25, 0.3) is 0 Å². The van der Waals surface area contributed by atoms with E-state index in [1.807, 2.05) is 13.8 Å². The third kappa shape index (κ3) is 8.33. The van der Waals surface area contributed by atoms with Gasteiger partial charge in [-0.3, -0.25) is 0 Å². The first-order valence-corrected chi connectivity index (χ1v) is 7.67. The van der Waals surface area contributed by atoms with Crippen LogP contribution in [0.3, 0.4) is 0 Å². The lowest BCUT2D eigenvalue weighted by molar-refractivity contribution is 0.152. The highest BCUT2D eigenvalue weighted by molar-refractivity contribution is 7.89. The second-order valence-corrected chi connectivity index (χ2v) is 6.83. The molecule has 2 atom stereocenters. The monoisotopic (exact) mass is 271 g/mol. The maximum absolute atomic E-state index is 11.5. The Balaban J connectivity index is 3.99. The number of halogens is 1. The van der Waals surface area contributed by atoms with Crippen molar-refractivity contribution in [1.29, 1.82) is 0 Å². The highest BCUT2D eigenvalue weighted by Crippen LogP contribution is 2.05. The Labute approximate surface area is 103 Å². The zero-order valence-electron chi connectivity index (χ0n) is 10.1.